The Morgan fingerprint density at radius 2 is 1.76 bits per heavy atom. The van der Waals surface area contributed by atoms with Gasteiger partial charge in [0.1, 0.15) is 11.9 Å². The highest BCUT2D eigenvalue weighted by molar-refractivity contribution is 5.90. The topological polar surface area (TPSA) is 35.5 Å². The maximum absolute atomic E-state index is 11.3. The van der Waals surface area contributed by atoms with E-state index in [2.05, 4.69) is 19.1 Å². The Bertz CT molecular complexity index is 428. The van der Waals surface area contributed by atoms with Crippen molar-refractivity contribution < 1.29 is 14.3 Å². The van der Waals surface area contributed by atoms with E-state index in [1.54, 1.807) is 7.11 Å². The van der Waals surface area contributed by atoms with Gasteiger partial charge in [0.05, 0.1) is 0 Å². The molecule has 1 aromatic rings. The van der Waals surface area contributed by atoms with Gasteiger partial charge in [-0.1, -0.05) is 17.7 Å². The summed E-state index contributed by atoms with van der Waals surface area (Å²) in [6.07, 6.45) is -0.0756. The summed E-state index contributed by atoms with van der Waals surface area (Å²) in [4.78, 5) is 11.3. The smallest absolute Gasteiger partial charge is 0.169 e. The lowest BCUT2D eigenvalue weighted by Crippen LogP contribution is -2.51. The zero-order valence-electron chi connectivity index (χ0n) is 10.7. The molecular formula is C14H18O3. The fourth-order valence-electron chi connectivity index (χ4n) is 2.36. The highest BCUT2D eigenvalue weighted by Gasteiger charge is 2.42. The molecule has 1 aromatic carbocycles. The lowest BCUT2D eigenvalue weighted by atomic mass is 9.89. The molecule has 0 saturated heterocycles. The van der Waals surface area contributed by atoms with Gasteiger partial charge in [0, 0.05) is 13.5 Å². The first-order chi connectivity index (χ1) is 8.02. The molecule has 0 aliphatic heterocycles. The van der Waals surface area contributed by atoms with Crippen LogP contribution < -0.4 is 4.74 Å². The predicted molar refractivity (Wildman–Crippen MR) is 65.5 cm³/mol. The Morgan fingerprint density at radius 3 is 2.24 bits per heavy atom. The van der Waals surface area contributed by atoms with Gasteiger partial charge in [0.15, 0.2) is 11.9 Å². The number of hydrogen-bond acceptors (Lipinski definition) is 3. The number of ketones is 1. The predicted octanol–water partition coefficient (Wildman–Crippen LogP) is 2.35. The first-order valence-corrected chi connectivity index (χ1v) is 5.83. The number of carbonyl (C=O) groups is 1. The van der Waals surface area contributed by atoms with Crippen LogP contribution in [-0.2, 0) is 9.53 Å². The summed E-state index contributed by atoms with van der Waals surface area (Å²) in [5.74, 6) is 1.01. The van der Waals surface area contributed by atoms with Crippen LogP contribution in [0.3, 0.4) is 0 Å². The minimum atomic E-state index is -0.393. The minimum absolute atomic E-state index is 0.125. The average molecular weight is 234 g/mol. The lowest BCUT2D eigenvalue weighted by Gasteiger charge is -2.34. The van der Waals surface area contributed by atoms with E-state index >= 15 is 0 Å². The second-order valence-corrected chi connectivity index (χ2v) is 4.71. The molecule has 0 radical (unpaired) electrons. The number of Topliss-reactive ketones (excluding diaryl/α,β-unsaturated/α-hetero) is 1. The van der Waals surface area contributed by atoms with Crippen LogP contribution in [0.2, 0.25) is 0 Å². The van der Waals surface area contributed by atoms with E-state index in [9.17, 15) is 4.79 Å². The molecule has 2 atom stereocenters. The molecule has 0 bridgehead atoms. The summed E-state index contributed by atoms with van der Waals surface area (Å²) in [6.45, 7) is 6.11. The van der Waals surface area contributed by atoms with Gasteiger partial charge >= 0.3 is 0 Å². The van der Waals surface area contributed by atoms with Gasteiger partial charge in [-0.15, -0.1) is 0 Å². The van der Waals surface area contributed by atoms with Crippen molar-refractivity contribution in [1.29, 1.82) is 0 Å². The first kappa shape index (κ1) is 12.1. The van der Waals surface area contributed by atoms with Gasteiger partial charge in [-0.25, -0.2) is 0 Å². The fourth-order valence-corrected chi connectivity index (χ4v) is 2.36. The molecule has 0 spiro atoms. The van der Waals surface area contributed by atoms with E-state index in [4.69, 9.17) is 9.47 Å². The number of aryl methyl sites for hydroxylation is 3. The van der Waals surface area contributed by atoms with Crippen LogP contribution in [0, 0.1) is 20.8 Å². The van der Waals surface area contributed by atoms with Gasteiger partial charge in [0.2, 0.25) is 0 Å². The molecule has 2 rings (SSSR count). The normalized spacial score (nSPS) is 23.4. The molecule has 0 amide bonds. The van der Waals surface area contributed by atoms with Crippen LogP contribution in [0.1, 0.15) is 23.1 Å². The van der Waals surface area contributed by atoms with E-state index in [0.29, 0.717) is 6.42 Å². The van der Waals surface area contributed by atoms with Gasteiger partial charge in [-0.3, -0.25) is 4.79 Å². The molecule has 3 heteroatoms. The fraction of sp³-hybridized carbons (Fsp3) is 0.500. The quantitative estimate of drug-likeness (QED) is 0.805. The van der Waals surface area contributed by atoms with Crippen LogP contribution in [0.4, 0.5) is 0 Å². The highest BCUT2D eigenvalue weighted by Crippen LogP contribution is 2.30. The van der Waals surface area contributed by atoms with Gasteiger partial charge in [-0.05, 0) is 31.9 Å². The molecule has 0 heterocycles. The number of carbonyl (C=O) groups excluding carboxylic acids is 1. The summed E-state index contributed by atoms with van der Waals surface area (Å²) < 4.78 is 11.0. The lowest BCUT2D eigenvalue weighted by molar-refractivity contribution is -0.151. The van der Waals surface area contributed by atoms with E-state index < -0.39 is 6.10 Å². The first-order valence-electron chi connectivity index (χ1n) is 5.83. The molecule has 92 valence electrons. The monoisotopic (exact) mass is 234 g/mol. The molecule has 0 aromatic heterocycles. The molecule has 1 saturated carbocycles. The van der Waals surface area contributed by atoms with Crippen molar-refractivity contribution >= 4 is 5.78 Å². The second-order valence-electron chi connectivity index (χ2n) is 4.71. The third-order valence-corrected chi connectivity index (χ3v) is 3.19. The second kappa shape index (κ2) is 4.49. The van der Waals surface area contributed by atoms with Gasteiger partial charge in [-0.2, -0.15) is 0 Å². The maximum atomic E-state index is 11.3. The van der Waals surface area contributed by atoms with Crippen molar-refractivity contribution in [2.45, 2.75) is 39.4 Å². The van der Waals surface area contributed by atoms with Gasteiger partial charge in [0.25, 0.3) is 0 Å². The molecule has 1 fully saturated rings. The van der Waals surface area contributed by atoms with Crippen molar-refractivity contribution in [3.05, 3.63) is 28.8 Å². The van der Waals surface area contributed by atoms with Crippen LogP contribution in [-0.4, -0.2) is 25.1 Å². The van der Waals surface area contributed by atoms with Crippen molar-refractivity contribution in [1.82, 2.24) is 0 Å². The Balaban J connectivity index is 2.17. The van der Waals surface area contributed by atoms with Crippen LogP contribution >= 0.6 is 0 Å². The van der Waals surface area contributed by atoms with Crippen molar-refractivity contribution in [2.24, 2.45) is 0 Å². The summed E-state index contributed by atoms with van der Waals surface area (Å²) in [5.41, 5.74) is 3.44. The standard InChI is InChI=1S/C14H18O3/c1-8-5-9(2)13(10(3)6-8)17-12-7-11(15)14(12)16-4/h5-6,12,14H,7H2,1-4H3. The average Bonchev–Trinajstić information content (AvgIpc) is 2.21. The summed E-state index contributed by atoms with van der Waals surface area (Å²) in [5, 5.41) is 0. The van der Waals surface area contributed by atoms with E-state index in [0.717, 1.165) is 16.9 Å². The minimum Gasteiger partial charge on any atom is -0.486 e. The molecule has 1 aliphatic carbocycles. The Labute approximate surface area is 102 Å². The van der Waals surface area contributed by atoms with Crippen LogP contribution in [0.5, 0.6) is 5.75 Å². The van der Waals surface area contributed by atoms with E-state index in [1.165, 1.54) is 5.56 Å². The molecule has 2 unspecified atom stereocenters. The number of methoxy groups -OCH3 is 1. The maximum Gasteiger partial charge on any atom is 0.169 e. The van der Waals surface area contributed by atoms with Crippen molar-refractivity contribution in [3.8, 4) is 5.75 Å². The van der Waals surface area contributed by atoms with Crippen LogP contribution in [0.15, 0.2) is 12.1 Å². The van der Waals surface area contributed by atoms with Crippen molar-refractivity contribution in [3.63, 3.8) is 0 Å². The largest absolute Gasteiger partial charge is 0.486 e. The molecule has 1 aliphatic rings. The summed E-state index contributed by atoms with van der Waals surface area (Å²) in [7, 11) is 1.55. The third kappa shape index (κ3) is 2.20. The number of ether oxygens (including phenoxy) is 2. The Morgan fingerprint density at radius 1 is 1.18 bits per heavy atom. The third-order valence-electron chi connectivity index (χ3n) is 3.19. The molecular weight excluding hydrogens is 216 g/mol. The summed E-state index contributed by atoms with van der Waals surface area (Å²) >= 11 is 0. The molecule has 17 heavy (non-hydrogen) atoms. The summed E-state index contributed by atoms with van der Waals surface area (Å²) in [6, 6.07) is 4.18. The van der Waals surface area contributed by atoms with E-state index in [1.807, 2.05) is 13.8 Å². The number of benzene rings is 1. The zero-order chi connectivity index (χ0) is 12.6. The van der Waals surface area contributed by atoms with Gasteiger partial charge < -0.3 is 9.47 Å². The molecule has 3 nitrogen and oxygen atoms in total. The zero-order valence-corrected chi connectivity index (χ0v) is 10.7. The van der Waals surface area contributed by atoms with E-state index in [-0.39, 0.29) is 11.9 Å². The molecule has 0 N–H and O–H groups in total. The van der Waals surface area contributed by atoms with Crippen LogP contribution in [0.25, 0.3) is 0 Å². The Hall–Kier alpha value is -1.35. The number of rotatable bonds is 3. The Kier molecular flexibility index (Phi) is 3.20. The SMILES string of the molecule is COC1C(=O)CC1Oc1c(C)cc(C)cc1C. The number of hydrogen-bond donors (Lipinski definition) is 0. The highest BCUT2D eigenvalue weighted by atomic mass is 16.5. The van der Waals surface area contributed by atoms with Crippen molar-refractivity contribution in [2.75, 3.05) is 7.11 Å².